The lowest BCUT2D eigenvalue weighted by Gasteiger charge is -2.43. The molecule has 5 rings (SSSR count). The first kappa shape index (κ1) is 28.7. The maximum absolute atomic E-state index is 12.0. The van der Waals surface area contributed by atoms with Gasteiger partial charge in [-0.15, -0.1) is 0 Å². The Morgan fingerprint density at radius 2 is 1.97 bits per heavy atom. The van der Waals surface area contributed by atoms with Gasteiger partial charge < -0.3 is 39.6 Å². The first-order chi connectivity index (χ1) is 18.2. The third kappa shape index (κ3) is 5.05. The summed E-state index contributed by atoms with van der Waals surface area (Å²) in [5, 5.41) is 23.4. The van der Waals surface area contributed by atoms with E-state index in [0.29, 0.717) is 37.5 Å². The molecule has 38 heavy (non-hydrogen) atoms. The molecule has 0 bridgehead atoms. The van der Waals surface area contributed by atoms with Crippen molar-refractivity contribution in [1.82, 2.24) is 0 Å². The number of aliphatic hydroxyl groups excluding tert-OH is 2. The second kappa shape index (κ2) is 11.6. The van der Waals surface area contributed by atoms with Crippen LogP contribution >= 0.6 is 0 Å². The Labute approximate surface area is 227 Å². The van der Waals surface area contributed by atoms with Crippen LogP contribution in [0, 0.1) is 35.0 Å². The zero-order valence-electron chi connectivity index (χ0n) is 23.8. The van der Waals surface area contributed by atoms with Gasteiger partial charge in [0.15, 0.2) is 12.6 Å². The third-order valence-electron chi connectivity index (χ3n) is 9.98. The maximum atomic E-state index is 12.0. The van der Waals surface area contributed by atoms with Crippen molar-refractivity contribution in [3.8, 4) is 0 Å². The minimum absolute atomic E-state index is 0.00731. The van der Waals surface area contributed by atoms with Crippen LogP contribution in [0.15, 0.2) is 22.8 Å². The van der Waals surface area contributed by atoms with Crippen molar-refractivity contribution in [3.63, 3.8) is 0 Å². The van der Waals surface area contributed by atoms with E-state index in [2.05, 4.69) is 33.8 Å². The summed E-state index contributed by atoms with van der Waals surface area (Å²) in [6, 6.07) is 0. The van der Waals surface area contributed by atoms with Crippen molar-refractivity contribution in [1.29, 1.82) is 0 Å². The van der Waals surface area contributed by atoms with Gasteiger partial charge in [-0.1, -0.05) is 44.9 Å². The monoisotopic (exact) mass is 535 g/mol. The fraction of sp³-hybridized carbons (Fsp3) is 0.867. The van der Waals surface area contributed by atoms with Crippen LogP contribution in [0.25, 0.3) is 0 Å². The zero-order valence-corrected chi connectivity index (χ0v) is 23.8. The SMILES string of the molecule is COC[C@H]1CC[C@@H]2/C1=C\[C@@]1(C)CCC(C(C)C)=C1[C@@H](O[C@H]1O[C@@H]3CO[C@@H](OCCCN)[C@@H]3[C@H]1O)[C@H](O)[C@@H]2C. The summed E-state index contributed by atoms with van der Waals surface area (Å²) in [7, 11) is 1.78. The molecule has 0 amide bonds. The van der Waals surface area contributed by atoms with E-state index in [1.165, 1.54) is 16.7 Å². The Bertz CT molecular complexity index is 905. The standard InChI is InChI=1S/C30H49NO7/c1-16(2)19-9-10-30(4)13-21-18(14-34-5)7-8-20(21)17(3)25(32)27(24(19)30)38-29-26(33)23-22(37-29)15-36-28(23)35-12-6-11-31/h13,16-18,20,22-23,25-29,32-33H,6-12,14-15,31H2,1-5H3/b21-13-/t17-,18-,20+,22-,23+,25-,26-,27-,28-,29-,30-/m1/s1. The van der Waals surface area contributed by atoms with Crippen molar-refractivity contribution >= 4 is 0 Å². The van der Waals surface area contributed by atoms with Crippen LogP contribution < -0.4 is 5.73 Å². The van der Waals surface area contributed by atoms with Gasteiger partial charge in [-0.25, -0.2) is 0 Å². The molecular formula is C30H49NO7. The predicted molar refractivity (Wildman–Crippen MR) is 143 cm³/mol. The number of hydrogen-bond donors (Lipinski definition) is 3. The Morgan fingerprint density at radius 3 is 2.68 bits per heavy atom. The molecule has 5 aliphatic rings. The number of fused-ring (bicyclic) bond motifs is 3. The van der Waals surface area contributed by atoms with E-state index in [1.807, 2.05) is 0 Å². The number of ether oxygens (including phenoxy) is 5. The Kier molecular flexibility index (Phi) is 8.73. The van der Waals surface area contributed by atoms with E-state index in [1.54, 1.807) is 7.11 Å². The Hall–Kier alpha value is -0.840. The van der Waals surface area contributed by atoms with Crippen molar-refractivity contribution < 1.29 is 33.9 Å². The number of aliphatic hydroxyl groups is 2. The topological polar surface area (TPSA) is 113 Å². The Morgan fingerprint density at radius 1 is 1.18 bits per heavy atom. The summed E-state index contributed by atoms with van der Waals surface area (Å²) in [5.74, 6) is 0.711. The molecule has 0 radical (unpaired) electrons. The highest BCUT2D eigenvalue weighted by Crippen LogP contribution is 2.56. The van der Waals surface area contributed by atoms with Crippen LogP contribution in [-0.2, 0) is 23.7 Å². The van der Waals surface area contributed by atoms with Crippen LogP contribution in [0.4, 0.5) is 0 Å². The fourth-order valence-electron chi connectivity index (χ4n) is 7.91. The lowest BCUT2D eigenvalue weighted by molar-refractivity contribution is -0.224. The van der Waals surface area contributed by atoms with Crippen LogP contribution in [0.1, 0.15) is 59.8 Å². The van der Waals surface area contributed by atoms with Gasteiger partial charge in [-0.2, -0.15) is 0 Å². The number of nitrogens with two attached hydrogens (primary N) is 1. The molecular weight excluding hydrogens is 486 g/mol. The number of hydrogen-bond acceptors (Lipinski definition) is 8. The molecule has 0 spiro atoms. The highest BCUT2D eigenvalue weighted by molar-refractivity contribution is 5.41. The molecule has 8 heteroatoms. The summed E-state index contributed by atoms with van der Waals surface area (Å²) in [6.07, 6.45) is 3.49. The van der Waals surface area contributed by atoms with Gasteiger partial charge in [0.05, 0.1) is 37.9 Å². The number of allylic oxidation sites excluding steroid dienone is 2. The van der Waals surface area contributed by atoms with Gasteiger partial charge in [0.2, 0.25) is 0 Å². The molecule has 1 saturated carbocycles. The van der Waals surface area contributed by atoms with E-state index in [0.717, 1.165) is 38.7 Å². The van der Waals surface area contributed by atoms with Crippen molar-refractivity contribution in [2.24, 2.45) is 40.7 Å². The summed E-state index contributed by atoms with van der Waals surface area (Å²) in [4.78, 5) is 0. The maximum Gasteiger partial charge on any atom is 0.185 e. The lowest BCUT2D eigenvalue weighted by Crippen LogP contribution is -2.47. The zero-order chi connectivity index (χ0) is 27.2. The summed E-state index contributed by atoms with van der Waals surface area (Å²) in [6.45, 7) is 11.0. The minimum Gasteiger partial charge on any atom is -0.390 e. The minimum atomic E-state index is -0.905. The first-order valence-corrected chi connectivity index (χ1v) is 14.8. The Balaban J connectivity index is 1.45. The van der Waals surface area contributed by atoms with E-state index >= 15 is 0 Å². The van der Waals surface area contributed by atoms with Gasteiger partial charge in [0, 0.05) is 18.4 Å². The van der Waals surface area contributed by atoms with Gasteiger partial charge in [0.25, 0.3) is 0 Å². The smallest absolute Gasteiger partial charge is 0.185 e. The second-order valence-electron chi connectivity index (χ2n) is 12.7. The number of rotatable bonds is 9. The molecule has 2 saturated heterocycles. The molecule has 4 N–H and O–H groups in total. The van der Waals surface area contributed by atoms with Gasteiger partial charge in [-0.3, -0.25) is 0 Å². The van der Waals surface area contributed by atoms with Crippen molar-refractivity contribution in [2.75, 3.05) is 33.5 Å². The molecule has 2 aliphatic heterocycles. The van der Waals surface area contributed by atoms with Gasteiger partial charge in [0.1, 0.15) is 12.2 Å². The molecule has 8 nitrogen and oxygen atoms in total. The average Bonchev–Trinajstić information content (AvgIpc) is 3.62. The van der Waals surface area contributed by atoms with Gasteiger partial charge >= 0.3 is 0 Å². The molecule has 2 heterocycles. The first-order valence-electron chi connectivity index (χ1n) is 14.8. The fourth-order valence-corrected chi connectivity index (χ4v) is 7.91. The second-order valence-corrected chi connectivity index (χ2v) is 12.7. The number of methoxy groups -OCH3 is 1. The summed E-state index contributed by atoms with van der Waals surface area (Å²) < 4.78 is 30.2. The quantitative estimate of drug-likeness (QED) is 0.305. The third-order valence-corrected chi connectivity index (χ3v) is 9.98. The molecule has 216 valence electrons. The normalized spacial score (nSPS) is 46.1. The molecule has 0 unspecified atom stereocenters. The van der Waals surface area contributed by atoms with Crippen molar-refractivity contribution in [3.05, 3.63) is 22.8 Å². The van der Waals surface area contributed by atoms with Crippen molar-refractivity contribution in [2.45, 2.75) is 96.8 Å². The van der Waals surface area contributed by atoms with E-state index in [4.69, 9.17) is 29.4 Å². The van der Waals surface area contributed by atoms with Crippen LogP contribution in [0.5, 0.6) is 0 Å². The van der Waals surface area contributed by atoms with E-state index in [-0.39, 0.29) is 23.4 Å². The predicted octanol–water partition coefficient (Wildman–Crippen LogP) is 3.16. The molecule has 3 fully saturated rings. The van der Waals surface area contributed by atoms with Gasteiger partial charge in [-0.05, 0) is 62.0 Å². The largest absolute Gasteiger partial charge is 0.390 e. The van der Waals surface area contributed by atoms with Crippen LogP contribution in [0.3, 0.4) is 0 Å². The molecule has 0 aromatic heterocycles. The van der Waals surface area contributed by atoms with Crippen LogP contribution in [0.2, 0.25) is 0 Å². The molecule has 3 aliphatic carbocycles. The van der Waals surface area contributed by atoms with Crippen LogP contribution in [-0.4, -0.2) is 80.7 Å². The lowest BCUT2D eigenvalue weighted by atomic mass is 9.68. The molecule has 11 atom stereocenters. The average molecular weight is 536 g/mol. The summed E-state index contributed by atoms with van der Waals surface area (Å²) >= 11 is 0. The highest BCUT2D eigenvalue weighted by atomic mass is 16.7. The molecule has 0 aromatic rings. The van der Waals surface area contributed by atoms with E-state index < -0.39 is 30.9 Å². The van der Waals surface area contributed by atoms with E-state index in [9.17, 15) is 10.2 Å². The molecule has 0 aromatic carbocycles. The highest BCUT2D eigenvalue weighted by Gasteiger charge is 2.56. The summed E-state index contributed by atoms with van der Waals surface area (Å²) in [5.41, 5.74) is 9.38.